The van der Waals surface area contributed by atoms with Crippen molar-refractivity contribution >= 4 is 5.78 Å². The van der Waals surface area contributed by atoms with Crippen LogP contribution >= 0.6 is 0 Å². The molecule has 2 heteroatoms. The Labute approximate surface area is 92.6 Å². The van der Waals surface area contributed by atoms with Crippen LogP contribution in [0.2, 0.25) is 0 Å². The Hall–Kier alpha value is -0.370. The molecule has 2 N–H and O–H groups in total. The Morgan fingerprint density at radius 1 is 1.40 bits per heavy atom. The summed E-state index contributed by atoms with van der Waals surface area (Å²) in [5, 5.41) is 0. The smallest absolute Gasteiger partial charge is 0.136 e. The molecule has 2 fully saturated rings. The first-order valence-corrected chi connectivity index (χ1v) is 6.43. The Balaban J connectivity index is 1.79. The third-order valence-corrected chi connectivity index (χ3v) is 4.50. The largest absolute Gasteiger partial charge is 0.330 e. The highest BCUT2D eigenvalue weighted by Gasteiger charge is 2.40. The van der Waals surface area contributed by atoms with Gasteiger partial charge in [0.1, 0.15) is 5.78 Å². The molecule has 0 heterocycles. The molecule has 2 bridgehead atoms. The summed E-state index contributed by atoms with van der Waals surface area (Å²) in [5.74, 6) is 3.20. The zero-order valence-corrected chi connectivity index (χ0v) is 9.74. The van der Waals surface area contributed by atoms with Crippen molar-refractivity contribution in [3.8, 4) is 0 Å². The molecule has 2 nitrogen and oxygen atoms in total. The van der Waals surface area contributed by atoms with Gasteiger partial charge >= 0.3 is 0 Å². The minimum absolute atomic E-state index is 0.189. The van der Waals surface area contributed by atoms with Gasteiger partial charge in [-0.25, -0.2) is 0 Å². The summed E-state index contributed by atoms with van der Waals surface area (Å²) in [7, 11) is 0. The minimum Gasteiger partial charge on any atom is -0.330 e. The van der Waals surface area contributed by atoms with Gasteiger partial charge in [-0.2, -0.15) is 0 Å². The van der Waals surface area contributed by atoms with Gasteiger partial charge in [0.05, 0.1) is 0 Å². The zero-order valence-electron chi connectivity index (χ0n) is 9.74. The second-order valence-corrected chi connectivity index (χ2v) is 5.58. The predicted octanol–water partition coefficient (Wildman–Crippen LogP) is 2.37. The van der Waals surface area contributed by atoms with Crippen molar-refractivity contribution in [3.63, 3.8) is 0 Å². The molecule has 0 spiro atoms. The molecule has 0 aromatic carbocycles. The van der Waals surface area contributed by atoms with Crippen molar-refractivity contribution in [1.29, 1.82) is 0 Å². The number of fused-ring (bicyclic) bond motifs is 2. The van der Waals surface area contributed by atoms with Crippen LogP contribution in [0.1, 0.15) is 45.4 Å². The summed E-state index contributed by atoms with van der Waals surface area (Å²) in [4.78, 5) is 11.9. The van der Waals surface area contributed by atoms with Crippen molar-refractivity contribution in [3.05, 3.63) is 0 Å². The van der Waals surface area contributed by atoms with Crippen LogP contribution in [-0.4, -0.2) is 12.3 Å². The van der Waals surface area contributed by atoms with Crippen LogP contribution in [0.4, 0.5) is 0 Å². The molecule has 2 aliphatic rings. The van der Waals surface area contributed by atoms with E-state index in [2.05, 4.69) is 0 Å². The number of ketones is 1. The van der Waals surface area contributed by atoms with Gasteiger partial charge in [-0.3, -0.25) is 4.79 Å². The van der Waals surface area contributed by atoms with Crippen LogP contribution < -0.4 is 5.73 Å². The molecule has 0 aromatic rings. The van der Waals surface area contributed by atoms with Gasteiger partial charge in [-0.05, 0) is 50.0 Å². The number of Topliss-reactive ketones (excluding diaryl/α,β-unsaturated/α-hetero) is 1. The fourth-order valence-corrected chi connectivity index (χ4v) is 3.50. The topological polar surface area (TPSA) is 43.1 Å². The number of carbonyl (C=O) groups excluding carboxylic acids is 1. The van der Waals surface area contributed by atoms with Crippen molar-refractivity contribution < 1.29 is 4.79 Å². The normalized spacial score (nSPS) is 35.7. The van der Waals surface area contributed by atoms with Gasteiger partial charge < -0.3 is 5.73 Å². The van der Waals surface area contributed by atoms with Gasteiger partial charge in [-0.1, -0.05) is 13.3 Å². The summed E-state index contributed by atoms with van der Waals surface area (Å²) in [6.07, 6.45) is 7.23. The third kappa shape index (κ3) is 2.41. The first kappa shape index (κ1) is 11.1. The SMILES string of the molecule is CC(CCN)C(=O)CC1CC2CCC1C2. The fourth-order valence-electron chi connectivity index (χ4n) is 3.50. The lowest BCUT2D eigenvalue weighted by Gasteiger charge is -2.22. The number of hydrogen-bond donors (Lipinski definition) is 1. The molecule has 2 saturated carbocycles. The van der Waals surface area contributed by atoms with Gasteiger partial charge in [0, 0.05) is 12.3 Å². The van der Waals surface area contributed by atoms with Crippen LogP contribution in [-0.2, 0) is 4.79 Å². The summed E-state index contributed by atoms with van der Waals surface area (Å²) in [6, 6.07) is 0. The maximum atomic E-state index is 11.9. The number of hydrogen-bond acceptors (Lipinski definition) is 2. The average molecular weight is 209 g/mol. The molecule has 4 unspecified atom stereocenters. The van der Waals surface area contributed by atoms with Crippen molar-refractivity contribution in [2.24, 2.45) is 29.4 Å². The van der Waals surface area contributed by atoms with E-state index in [1.807, 2.05) is 6.92 Å². The van der Waals surface area contributed by atoms with Crippen LogP contribution in [0, 0.1) is 23.7 Å². The fraction of sp³-hybridized carbons (Fsp3) is 0.923. The summed E-state index contributed by atoms with van der Waals surface area (Å²) >= 11 is 0. The molecular weight excluding hydrogens is 186 g/mol. The minimum atomic E-state index is 0.189. The number of nitrogens with two attached hydrogens (primary N) is 1. The molecule has 0 radical (unpaired) electrons. The molecule has 4 atom stereocenters. The number of rotatable bonds is 5. The highest BCUT2D eigenvalue weighted by molar-refractivity contribution is 5.80. The standard InChI is InChI=1S/C13H23NO/c1-9(4-5-14)13(15)8-12-7-10-2-3-11(12)6-10/h9-12H,2-8,14H2,1H3. The summed E-state index contributed by atoms with van der Waals surface area (Å²) in [6.45, 7) is 2.67. The molecular formula is C13H23NO. The van der Waals surface area contributed by atoms with E-state index in [4.69, 9.17) is 5.73 Å². The highest BCUT2D eigenvalue weighted by Crippen LogP contribution is 2.49. The molecule has 86 valence electrons. The van der Waals surface area contributed by atoms with Gasteiger partial charge in [0.15, 0.2) is 0 Å². The van der Waals surface area contributed by atoms with E-state index in [9.17, 15) is 4.79 Å². The average Bonchev–Trinajstić information content (AvgIpc) is 2.79. The van der Waals surface area contributed by atoms with E-state index < -0.39 is 0 Å². The van der Waals surface area contributed by atoms with E-state index >= 15 is 0 Å². The molecule has 2 aliphatic carbocycles. The van der Waals surface area contributed by atoms with Gasteiger partial charge in [0.25, 0.3) is 0 Å². The lowest BCUT2D eigenvalue weighted by atomic mass is 9.83. The lowest BCUT2D eigenvalue weighted by Crippen LogP contribution is -2.21. The predicted molar refractivity (Wildman–Crippen MR) is 61.4 cm³/mol. The molecule has 2 rings (SSSR count). The molecule has 0 aliphatic heterocycles. The van der Waals surface area contributed by atoms with Crippen molar-refractivity contribution in [1.82, 2.24) is 0 Å². The van der Waals surface area contributed by atoms with E-state index in [1.165, 1.54) is 25.7 Å². The van der Waals surface area contributed by atoms with Crippen LogP contribution in [0.3, 0.4) is 0 Å². The van der Waals surface area contributed by atoms with E-state index in [0.717, 1.165) is 30.6 Å². The second-order valence-electron chi connectivity index (χ2n) is 5.58. The first-order chi connectivity index (χ1) is 7.20. The summed E-state index contributed by atoms with van der Waals surface area (Å²) in [5.41, 5.74) is 5.48. The number of carbonyl (C=O) groups is 1. The Morgan fingerprint density at radius 3 is 2.73 bits per heavy atom. The van der Waals surface area contributed by atoms with Crippen LogP contribution in [0.15, 0.2) is 0 Å². The maximum Gasteiger partial charge on any atom is 0.136 e. The second kappa shape index (κ2) is 4.65. The Morgan fingerprint density at radius 2 is 2.20 bits per heavy atom. The van der Waals surface area contributed by atoms with E-state index in [0.29, 0.717) is 12.3 Å². The Bertz CT molecular complexity index is 239. The quantitative estimate of drug-likeness (QED) is 0.755. The highest BCUT2D eigenvalue weighted by atomic mass is 16.1. The molecule has 0 aromatic heterocycles. The first-order valence-electron chi connectivity index (χ1n) is 6.43. The van der Waals surface area contributed by atoms with Gasteiger partial charge in [-0.15, -0.1) is 0 Å². The van der Waals surface area contributed by atoms with Crippen molar-refractivity contribution in [2.75, 3.05) is 6.54 Å². The van der Waals surface area contributed by atoms with E-state index in [-0.39, 0.29) is 5.92 Å². The van der Waals surface area contributed by atoms with Crippen LogP contribution in [0.25, 0.3) is 0 Å². The monoisotopic (exact) mass is 209 g/mol. The third-order valence-electron chi connectivity index (χ3n) is 4.50. The maximum absolute atomic E-state index is 11.9. The molecule has 0 saturated heterocycles. The van der Waals surface area contributed by atoms with E-state index in [1.54, 1.807) is 0 Å². The molecule has 15 heavy (non-hydrogen) atoms. The van der Waals surface area contributed by atoms with Crippen LogP contribution in [0.5, 0.6) is 0 Å². The van der Waals surface area contributed by atoms with Gasteiger partial charge in [0.2, 0.25) is 0 Å². The Kier molecular flexibility index (Phi) is 3.45. The van der Waals surface area contributed by atoms with Crippen molar-refractivity contribution in [2.45, 2.75) is 45.4 Å². The molecule has 0 amide bonds. The zero-order chi connectivity index (χ0) is 10.8. The lowest BCUT2D eigenvalue weighted by molar-refractivity contribution is -0.123. The summed E-state index contributed by atoms with van der Waals surface area (Å²) < 4.78 is 0.